The first kappa shape index (κ1) is 16.6. The Morgan fingerprint density at radius 1 is 1.14 bits per heavy atom. The Morgan fingerprint density at radius 3 is 2.23 bits per heavy atom. The lowest BCUT2D eigenvalue weighted by Gasteiger charge is -2.42. The van der Waals surface area contributed by atoms with Crippen LogP contribution in [0, 0.1) is 0 Å². The topological polar surface area (TPSA) is 152 Å². The summed E-state index contributed by atoms with van der Waals surface area (Å²) in [5, 5.41) is 60.5. The predicted octanol–water partition coefficient (Wildman–Crippen LogP) is -1.33. The van der Waals surface area contributed by atoms with Crippen molar-refractivity contribution in [3.05, 3.63) is 12.1 Å². The van der Waals surface area contributed by atoms with E-state index in [2.05, 4.69) is 5.32 Å². The molecule has 5 atom stereocenters. The van der Waals surface area contributed by atoms with Gasteiger partial charge < -0.3 is 45.4 Å². The average Bonchev–Trinajstić information content (AvgIpc) is 2.47. The van der Waals surface area contributed by atoms with Crippen LogP contribution in [-0.2, 0) is 9.47 Å². The number of phenols is 3. The fourth-order valence-corrected chi connectivity index (χ4v) is 2.35. The minimum atomic E-state index is -1.40. The minimum Gasteiger partial charge on any atom is -0.508 e. The third kappa shape index (κ3) is 3.03. The van der Waals surface area contributed by atoms with Gasteiger partial charge in [0.15, 0.2) is 6.29 Å². The number of ether oxygens (including phenoxy) is 2. The van der Waals surface area contributed by atoms with E-state index in [-0.39, 0.29) is 11.4 Å². The van der Waals surface area contributed by atoms with Crippen molar-refractivity contribution in [3.63, 3.8) is 0 Å². The van der Waals surface area contributed by atoms with Gasteiger partial charge in [-0.15, -0.1) is 0 Å². The first-order chi connectivity index (χ1) is 10.4. The highest BCUT2D eigenvalue weighted by Gasteiger charge is 2.45. The van der Waals surface area contributed by atoms with E-state index < -0.39 is 48.7 Å². The van der Waals surface area contributed by atoms with Gasteiger partial charge in [0.25, 0.3) is 0 Å². The number of rotatable bonds is 4. The molecule has 7 N–H and O–H groups in total. The van der Waals surface area contributed by atoms with Crippen molar-refractivity contribution in [1.29, 1.82) is 0 Å². The summed E-state index contributed by atoms with van der Waals surface area (Å²) in [6, 6.07) is 0.948. The Morgan fingerprint density at radius 2 is 1.73 bits per heavy atom. The second-order valence-corrected chi connectivity index (χ2v) is 4.97. The number of anilines is 1. The van der Waals surface area contributed by atoms with Gasteiger partial charge in [-0.25, -0.2) is 0 Å². The highest BCUT2D eigenvalue weighted by Crippen LogP contribution is 2.38. The Hall–Kier alpha value is -1.78. The summed E-state index contributed by atoms with van der Waals surface area (Å²) >= 11 is 0. The van der Waals surface area contributed by atoms with Crippen LogP contribution >= 0.6 is 0 Å². The third-order valence-corrected chi connectivity index (χ3v) is 3.51. The Labute approximate surface area is 126 Å². The molecule has 1 aliphatic heterocycles. The summed E-state index contributed by atoms with van der Waals surface area (Å²) in [6.45, 7) is -0.513. The zero-order valence-electron chi connectivity index (χ0n) is 11.7. The number of aromatic hydroxyl groups is 3. The van der Waals surface area contributed by atoms with Crippen LogP contribution in [0.25, 0.3) is 0 Å². The van der Waals surface area contributed by atoms with Crippen LogP contribution in [0.4, 0.5) is 5.69 Å². The van der Waals surface area contributed by atoms with Crippen LogP contribution in [0.1, 0.15) is 0 Å². The van der Waals surface area contributed by atoms with E-state index in [0.29, 0.717) is 0 Å². The molecule has 2 rings (SSSR count). The maximum Gasteiger partial charge on any atom is 0.180 e. The molecule has 22 heavy (non-hydrogen) atoms. The lowest BCUT2D eigenvalue weighted by Crippen LogP contribution is -2.61. The molecule has 0 amide bonds. The van der Waals surface area contributed by atoms with Gasteiger partial charge in [-0.1, -0.05) is 0 Å². The Bertz CT molecular complexity index is 500. The molecule has 0 radical (unpaired) electrons. The molecule has 0 aromatic heterocycles. The van der Waals surface area contributed by atoms with Gasteiger partial charge in [0.2, 0.25) is 0 Å². The van der Waals surface area contributed by atoms with Crippen molar-refractivity contribution < 1.29 is 40.1 Å². The molecule has 0 spiro atoms. The zero-order valence-corrected chi connectivity index (χ0v) is 11.7. The van der Waals surface area contributed by atoms with E-state index in [9.17, 15) is 25.5 Å². The number of hydrogen-bond acceptors (Lipinski definition) is 9. The van der Waals surface area contributed by atoms with Crippen molar-refractivity contribution in [1.82, 2.24) is 0 Å². The summed E-state index contributed by atoms with van der Waals surface area (Å²) in [6.07, 6.45) is -4.87. The number of aliphatic hydroxyl groups is 3. The second-order valence-electron chi connectivity index (χ2n) is 4.97. The monoisotopic (exact) mass is 317 g/mol. The summed E-state index contributed by atoms with van der Waals surface area (Å²) in [4.78, 5) is 0. The molecule has 1 aromatic rings. The summed E-state index contributed by atoms with van der Waals surface area (Å²) in [5.74, 6) is -1.26. The summed E-state index contributed by atoms with van der Waals surface area (Å²) in [7, 11) is 1.30. The number of hydrogen-bond donors (Lipinski definition) is 7. The van der Waals surface area contributed by atoms with Crippen LogP contribution in [0.3, 0.4) is 0 Å². The fraction of sp³-hybridized carbons (Fsp3) is 0.538. The van der Waals surface area contributed by atoms with E-state index in [4.69, 9.17) is 14.6 Å². The van der Waals surface area contributed by atoms with Gasteiger partial charge in [0.05, 0.1) is 6.61 Å². The molecule has 0 bridgehead atoms. The molecule has 1 heterocycles. The Balaban J connectivity index is 2.27. The molecular weight excluding hydrogens is 298 g/mol. The van der Waals surface area contributed by atoms with Gasteiger partial charge in [-0.3, -0.25) is 0 Å². The van der Waals surface area contributed by atoms with Crippen molar-refractivity contribution in [2.75, 3.05) is 19.0 Å². The lowest BCUT2D eigenvalue weighted by molar-refractivity contribution is -0.254. The van der Waals surface area contributed by atoms with Crippen molar-refractivity contribution in [3.8, 4) is 17.2 Å². The van der Waals surface area contributed by atoms with Gasteiger partial charge in [-0.2, -0.15) is 0 Å². The van der Waals surface area contributed by atoms with Gasteiger partial charge in [-0.05, 0) is 0 Å². The van der Waals surface area contributed by atoms with Crippen LogP contribution in [0.5, 0.6) is 17.2 Å². The molecule has 0 unspecified atom stereocenters. The van der Waals surface area contributed by atoms with Crippen molar-refractivity contribution in [2.24, 2.45) is 0 Å². The quantitative estimate of drug-likeness (QED) is 0.264. The van der Waals surface area contributed by atoms with Crippen molar-refractivity contribution in [2.45, 2.75) is 30.6 Å². The first-order valence-electron chi connectivity index (χ1n) is 6.55. The molecule has 1 saturated heterocycles. The zero-order chi connectivity index (χ0) is 16.4. The van der Waals surface area contributed by atoms with E-state index in [1.807, 2.05) is 0 Å². The van der Waals surface area contributed by atoms with Gasteiger partial charge in [0.1, 0.15) is 47.3 Å². The summed E-state index contributed by atoms with van der Waals surface area (Å²) < 4.78 is 10.3. The number of benzene rings is 1. The second kappa shape index (κ2) is 6.55. The molecule has 9 heteroatoms. The molecule has 9 nitrogen and oxygen atoms in total. The van der Waals surface area contributed by atoms with Crippen LogP contribution < -0.4 is 5.32 Å². The first-order valence-corrected chi connectivity index (χ1v) is 6.55. The van der Waals surface area contributed by atoms with E-state index in [0.717, 1.165) is 12.1 Å². The summed E-state index contributed by atoms with van der Waals surface area (Å²) in [5.41, 5.74) is -0.165. The molecular formula is C13H19NO8. The molecule has 1 fully saturated rings. The molecule has 124 valence electrons. The van der Waals surface area contributed by atoms with E-state index >= 15 is 0 Å². The third-order valence-electron chi connectivity index (χ3n) is 3.51. The number of methoxy groups -OCH3 is 1. The molecule has 1 aromatic carbocycles. The standard InChI is InChI=1S/C13H19NO8/c1-21-13-10(12(20)11(19)8(4-15)22-13)14-9-6(17)2-5(16)3-7(9)18/h2-3,8,10-20H,4H2,1H3/t8-,10-,11-,12-,13+/m1/s1. The predicted molar refractivity (Wildman–Crippen MR) is 73.6 cm³/mol. The molecule has 1 aliphatic rings. The van der Waals surface area contributed by atoms with Crippen LogP contribution in [0.15, 0.2) is 12.1 Å². The van der Waals surface area contributed by atoms with Gasteiger partial charge in [0, 0.05) is 19.2 Å². The van der Waals surface area contributed by atoms with E-state index in [1.165, 1.54) is 7.11 Å². The maximum absolute atomic E-state index is 10.1. The minimum absolute atomic E-state index is 0.165. The number of aliphatic hydroxyl groups excluding tert-OH is 3. The van der Waals surface area contributed by atoms with Crippen LogP contribution in [-0.4, -0.2) is 75.0 Å². The highest BCUT2D eigenvalue weighted by molar-refractivity contribution is 5.68. The Kier molecular flexibility index (Phi) is 4.94. The molecule has 0 aliphatic carbocycles. The number of phenolic OH excluding ortho intramolecular Hbond substituents is 3. The lowest BCUT2D eigenvalue weighted by atomic mass is 9.96. The number of nitrogens with one attached hydrogen (secondary N) is 1. The highest BCUT2D eigenvalue weighted by atomic mass is 16.7. The van der Waals surface area contributed by atoms with Gasteiger partial charge >= 0.3 is 0 Å². The fourth-order valence-electron chi connectivity index (χ4n) is 2.35. The maximum atomic E-state index is 10.1. The van der Waals surface area contributed by atoms with Crippen molar-refractivity contribution >= 4 is 5.69 Å². The SMILES string of the molecule is CO[C@H]1O[C@H](CO)[C@@H](O)[C@H](O)[C@H]1Nc1c(O)cc(O)cc1O. The average molecular weight is 317 g/mol. The van der Waals surface area contributed by atoms with E-state index in [1.54, 1.807) is 0 Å². The van der Waals surface area contributed by atoms with Crippen LogP contribution in [0.2, 0.25) is 0 Å². The largest absolute Gasteiger partial charge is 0.508 e. The normalized spacial score (nSPS) is 31.9. The molecule has 0 saturated carbocycles. The smallest absolute Gasteiger partial charge is 0.180 e.